The number of benzene rings is 6. The molecule has 1 heterocycles. The lowest BCUT2D eigenvalue weighted by atomic mass is 9.90. The average molecular weight is 523 g/mol. The summed E-state index contributed by atoms with van der Waals surface area (Å²) in [6.07, 6.45) is 0. The fourth-order valence-electron chi connectivity index (χ4n) is 6.36. The molecule has 0 atom stereocenters. The van der Waals surface area contributed by atoms with Crippen LogP contribution in [0, 0.1) is 11.6 Å². The molecule has 0 N–H and O–H groups in total. The summed E-state index contributed by atoms with van der Waals surface area (Å²) in [6, 6.07) is 48.2. The molecule has 0 saturated heterocycles. The SMILES string of the molecule is Fc1ccc(C2=C(c3ccc(F)cc3)[Si](c3ccccc3)(c3ccccc3)c3cccc4cccc2c34)cc1. The first kappa shape index (κ1) is 23.5. The van der Waals surface area contributed by atoms with E-state index in [2.05, 4.69) is 97.1 Å². The molecule has 3 heteroatoms. The summed E-state index contributed by atoms with van der Waals surface area (Å²) in [6.45, 7) is 0. The third-order valence-corrected chi connectivity index (χ3v) is 12.8. The Kier molecular flexibility index (Phi) is 5.61. The first-order chi connectivity index (χ1) is 19.2. The molecule has 7 rings (SSSR count). The highest BCUT2D eigenvalue weighted by molar-refractivity contribution is 7.25. The van der Waals surface area contributed by atoms with Gasteiger partial charge < -0.3 is 0 Å². The van der Waals surface area contributed by atoms with E-state index in [4.69, 9.17) is 0 Å². The van der Waals surface area contributed by atoms with Crippen molar-refractivity contribution in [1.82, 2.24) is 0 Å². The second-order valence-electron chi connectivity index (χ2n) is 9.96. The molecule has 0 radical (unpaired) electrons. The first-order valence-electron chi connectivity index (χ1n) is 13.1. The van der Waals surface area contributed by atoms with Crippen LogP contribution in [-0.2, 0) is 0 Å². The molecule has 0 nitrogen and oxygen atoms in total. The minimum absolute atomic E-state index is 0.271. The van der Waals surface area contributed by atoms with Gasteiger partial charge in [-0.2, -0.15) is 0 Å². The van der Waals surface area contributed by atoms with Crippen molar-refractivity contribution < 1.29 is 8.78 Å². The number of halogens is 2. The summed E-state index contributed by atoms with van der Waals surface area (Å²) >= 11 is 0. The van der Waals surface area contributed by atoms with E-state index in [1.54, 1.807) is 12.1 Å². The van der Waals surface area contributed by atoms with Gasteiger partial charge in [-0.3, -0.25) is 0 Å². The van der Waals surface area contributed by atoms with Crippen LogP contribution in [0.4, 0.5) is 8.78 Å². The van der Waals surface area contributed by atoms with Crippen molar-refractivity contribution in [3.8, 4) is 0 Å². The van der Waals surface area contributed by atoms with Gasteiger partial charge in [-0.15, -0.1) is 0 Å². The van der Waals surface area contributed by atoms with Crippen molar-refractivity contribution in [1.29, 1.82) is 0 Å². The van der Waals surface area contributed by atoms with E-state index in [1.807, 2.05) is 24.3 Å². The van der Waals surface area contributed by atoms with Gasteiger partial charge in [0, 0.05) is 0 Å². The van der Waals surface area contributed by atoms with Gasteiger partial charge >= 0.3 is 0 Å². The Morgan fingerprint density at radius 1 is 0.436 bits per heavy atom. The normalized spacial score (nSPS) is 14.0. The van der Waals surface area contributed by atoms with Crippen LogP contribution in [0.1, 0.15) is 16.7 Å². The summed E-state index contributed by atoms with van der Waals surface area (Å²) in [5, 5.41) is 7.38. The molecule has 0 saturated carbocycles. The van der Waals surface area contributed by atoms with Crippen molar-refractivity contribution in [2.24, 2.45) is 0 Å². The molecule has 0 aromatic heterocycles. The predicted molar refractivity (Wildman–Crippen MR) is 160 cm³/mol. The van der Waals surface area contributed by atoms with E-state index >= 15 is 0 Å². The first-order valence-corrected chi connectivity index (χ1v) is 15.1. The molecule has 6 aromatic rings. The minimum Gasteiger partial charge on any atom is -0.207 e. The minimum atomic E-state index is -2.97. The van der Waals surface area contributed by atoms with E-state index in [9.17, 15) is 8.78 Å². The number of rotatable bonds is 4. The largest absolute Gasteiger partial charge is 0.207 e. The van der Waals surface area contributed by atoms with Gasteiger partial charge in [-0.25, -0.2) is 8.78 Å². The van der Waals surface area contributed by atoms with E-state index in [0.29, 0.717) is 0 Å². The van der Waals surface area contributed by atoms with Crippen molar-refractivity contribution in [3.05, 3.63) is 174 Å². The number of hydrogen-bond donors (Lipinski definition) is 0. The fraction of sp³-hybridized carbons (Fsp3) is 0. The summed E-state index contributed by atoms with van der Waals surface area (Å²) in [4.78, 5) is 0. The monoisotopic (exact) mass is 522 g/mol. The third-order valence-electron chi connectivity index (χ3n) is 7.88. The molecule has 1 aliphatic heterocycles. The van der Waals surface area contributed by atoms with Gasteiger partial charge in [0.05, 0.1) is 0 Å². The fourth-order valence-corrected chi connectivity index (χ4v) is 11.8. The molecule has 0 unspecified atom stereocenters. The van der Waals surface area contributed by atoms with Crippen LogP contribution in [0.3, 0.4) is 0 Å². The topological polar surface area (TPSA) is 0 Å². The predicted octanol–water partition coefficient (Wildman–Crippen LogP) is 7.10. The summed E-state index contributed by atoms with van der Waals surface area (Å²) in [7, 11) is -2.97. The maximum absolute atomic E-state index is 14.3. The van der Waals surface area contributed by atoms with Crippen molar-refractivity contribution in [2.45, 2.75) is 0 Å². The molecule has 1 aliphatic rings. The molecule has 0 aliphatic carbocycles. The maximum Gasteiger partial charge on any atom is 0.181 e. The Labute approximate surface area is 227 Å². The van der Waals surface area contributed by atoms with E-state index in [0.717, 1.165) is 22.3 Å². The van der Waals surface area contributed by atoms with Crippen LogP contribution in [0.2, 0.25) is 0 Å². The summed E-state index contributed by atoms with van der Waals surface area (Å²) in [5.41, 5.74) is 4.11. The van der Waals surface area contributed by atoms with Gasteiger partial charge in [-0.05, 0) is 78.1 Å². The van der Waals surface area contributed by atoms with Crippen LogP contribution >= 0.6 is 0 Å². The lowest BCUT2D eigenvalue weighted by molar-refractivity contribution is 0.627. The zero-order valence-corrected chi connectivity index (χ0v) is 22.1. The lowest BCUT2D eigenvalue weighted by Crippen LogP contribution is -2.69. The summed E-state index contributed by atoms with van der Waals surface area (Å²) in [5.74, 6) is -0.542. The van der Waals surface area contributed by atoms with Crippen LogP contribution in [-0.4, -0.2) is 8.07 Å². The molecule has 6 aromatic carbocycles. The molecule has 186 valence electrons. The second kappa shape index (κ2) is 9.30. The molecule has 0 amide bonds. The van der Waals surface area contributed by atoms with Gasteiger partial charge in [0.2, 0.25) is 0 Å². The van der Waals surface area contributed by atoms with Gasteiger partial charge in [-0.1, -0.05) is 121 Å². The van der Waals surface area contributed by atoms with E-state index < -0.39 is 8.07 Å². The molecular weight excluding hydrogens is 498 g/mol. The zero-order valence-electron chi connectivity index (χ0n) is 21.1. The smallest absolute Gasteiger partial charge is 0.181 e. The van der Waals surface area contributed by atoms with Gasteiger partial charge in [0.15, 0.2) is 8.07 Å². The molecule has 0 bridgehead atoms. The molecule has 39 heavy (non-hydrogen) atoms. The maximum atomic E-state index is 14.3. The van der Waals surface area contributed by atoms with Crippen molar-refractivity contribution in [3.63, 3.8) is 0 Å². The second-order valence-corrected chi connectivity index (χ2v) is 13.6. The highest BCUT2D eigenvalue weighted by Crippen LogP contribution is 2.44. The molecular formula is C36H24F2Si. The van der Waals surface area contributed by atoms with E-state index in [-0.39, 0.29) is 11.6 Å². The molecule has 0 fully saturated rings. The van der Waals surface area contributed by atoms with Crippen molar-refractivity contribution >= 4 is 45.2 Å². The van der Waals surface area contributed by atoms with Crippen LogP contribution < -0.4 is 15.6 Å². The molecule has 0 spiro atoms. The van der Waals surface area contributed by atoms with Crippen LogP contribution in [0.5, 0.6) is 0 Å². The van der Waals surface area contributed by atoms with E-state index in [1.165, 1.54) is 43.7 Å². The Morgan fingerprint density at radius 3 is 1.51 bits per heavy atom. The van der Waals surface area contributed by atoms with Crippen LogP contribution in [0.15, 0.2) is 146 Å². The summed E-state index contributed by atoms with van der Waals surface area (Å²) < 4.78 is 28.6. The number of hydrogen-bond acceptors (Lipinski definition) is 0. The third kappa shape index (κ3) is 3.62. The Balaban J connectivity index is 1.78. The standard InChI is InChI=1S/C36H24F2Si/c37-28-21-17-26(18-22-28)35-32-15-7-9-25-10-8-16-33(34(25)32)39(30-11-3-1-4-12-30,31-13-5-2-6-14-31)36(35)27-19-23-29(38)24-20-27/h1-24H. The zero-order chi connectivity index (χ0) is 26.4. The Morgan fingerprint density at radius 2 is 0.949 bits per heavy atom. The highest BCUT2D eigenvalue weighted by Gasteiger charge is 2.48. The van der Waals surface area contributed by atoms with Gasteiger partial charge in [0.25, 0.3) is 0 Å². The highest BCUT2D eigenvalue weighted by atomic mass is 28.3. The van der Waals surface area contributed by atoms with Crippen LogP contribution in [0.25, 0.3) is 21.5 Å². The lowest BCUT2D eigenvalue weighted by Gasteiger charge is -2.42. The Hall–Kier alpha value is -4.60. The van der Waals surface area contributed by atoms with Gasteiger partial charge in [0.1, 0.15) is 11.6 Å². The quantitative estimate of drug-likeness (QED) is 0.217. The average Bonchev–Trinajstić information content (AvgIpc) is 2.99. The van der Waals surface area contributed by atoms with Crippen molar-refractivity contribution in [2.75, 3.05) is 0 Å². The Bertz CT molecular complexity index is 1790.